The van der Waals surface area contributed by atoms with Gasteiger partial charge in [0.25, 0.3) is 5.91 Å². The van der Waals surface area contributed by atoms with E-state index in [0.29, 0.717) is 16.6 Å². The summed E-state index contributed by atoms with van der Waals surface area (Å²) < 4.78 is 0. The van der Waals surface area contributed by atoms with E-state index in [-0.39, 0.29) is 5.91 Å². The summed E-state index contributed by atoms with van der Waals surface area (Å²) in [7, 11) is 1.67. The number of hydrogen-bond acceptors (Lipinski definition) is 6. The number of urea groups is 1. The summed E-state index contributed by atoms with van der Waals surface area (Å²) in [4.78, 5) is 37.9. The van der Waals surface area contributed by atoms with Crippen LogP contribution in [0.3, 0.4) is 0 Å². The Morgan fingerprint density at radius 1 is 1.13 bits per heavy atom. The smallest absolute Gasteiger partial charge is 0.325 e. The van der Waals surface area contributed by atoms with E-state index in [1.807, 2.05) is 17.0 Å². The van der Waals surface area contributed by atoms with Crippen molar-refractivity contribution in [2.75, 3.05) is 39.8 Å². The van der Waals surface area contributed by atoms with E-state index >= 15 is 0 Å². The summed E-state index contributed by atoms with van der Waals surface area (Å²) in [5.74, 6) is 0.426. The van der Waals surface area contributed by atoms with Gasteiger partial charge in [-0.1, -0.05) is 36.2 Å². The van der Waals surface area contributed by atoms with Gasteiger partial charge in [-0.05, 0) is 30.7 Å². The second kappa shape index (κ2) is 8.61. The van der Waals surface area contributed by atoms with Crippen LogP contribution in [0.2, 0.25) is 10.0 Å². The van der Waals surface area contributed by atoms with Crippen LogP contribution in [0.4, 0.5) is 4.79 Å². The van der Waals surface area contributed by atoms with Gasteiger partial charge in [-0.15, -0.1) is 0 Å². The van der Waals surface area contributed by atoms with Crippen LogP contribution in [0.1, 0.15) is 18.9 Å². The first-order valence-electron chi connectivity index (χ1n) is 10.2. The van der Waals surface area contributed by atoms with Crippen LogP contribution in [0.15, 0.2) is 23.2 Å². The standard InChI is InChI=1S/C20H26Cl2N6O2/c1-3-6-26-7-9-27(10-8-26)19-23-17-16(18(29)24-20(30)25(17)2)28(19)12-13-4-5-14(21)15(22)11-13/h4-5,11,16-17H,3,6-10,12H2,1-2H3,(H,24,29,30). The molecule has 3 aliphatic rings. The molecule has 0 spiro atoms. The van der Waals surface area contributed by atoms with Gasteiger partial charge >= 0.3 is 6.03 Å². The number of amides is 3. The Bertz CT molecular complexity index is 871. The van der Waals surface area contributed by atoms with Gasteiger partial charge < -0.3 is 14.7 Å². The molecule has 2 fully saturated rings. The summed E-state index contributed by atoms with van der Waals surface area (Å²) in [5, 5.41) is 3.40. The van der Waals surface area contributed by atoms with Crippen LogP contribution in [-0.2, 0) is 11.3 Å². The zero-order chi connectivity index (χ0) is 21.4. The molecule has 2 saturated heterocycles. The number of hydrogen-bond donors (Lipinski definition) is 1. The maximum atomic E-state index is 12.8. The summed E-state index contributed by atoms with van der Waals surface area (Å²) in [6.45, 7) is 7.26. The lowest BCUT2D eigenvalue weighted by Crippen LogP contribution is -2.64. The third-order valence-corrected chi connectivity index (χ3v) is 6.61. The number of carbonyl (C=O) groups excluding carboxylic acids is 2. The predicted molar refractivity (Wildman–Crippen MR) is 117 cm³/mol. The minimum Gasteiger partial charge on any atom is -0.340 e. The van der Waals surface area contributed by atoms with E-state index in [9.17, 15) is 9.59 Å². The molecule has 3 amide bonds. The molecule has 2 unspecified atom stereocenters. The molecule has 0 aliphatic carbocycles. The molecule has 10 heteroatoms. The fourth-order valence-corrected chi connectivity index (χ4v) is 4.59. The highest BCUT2D eigenvalue weighted by Gasteiger charge is 2.49. The van der Waals surface area contributed by atoms with Crippen molar-refractivity contribution in [3.8, 4) is 0 Å². The van der Waals surface area contributed by atoms with E-state index in [2.05, 4.69) is 22.0 Å². The maximum Gasteiger partial charge on any atom is 0.325 e. The monoisotopic (exact) mass is 452 g/mol. The Morgan fingerprint density at radius 2 is 1.87 bits per heavy atom. The second-order valence-corrected chi connectivity index (χ2v) is 8.71. The number of halogens is 2. The molecule has 4 rings (SSSR count). The average molecular weight is 453 g/mol. The number of rotatable bonds is 4. The lowest BCUT2D eigenvalue weighted by atomic mass is 10.1. The number of aliphatic imine (C=N–C) groups is 1. The summed E-state index contributed by atoms with van der Waals surface area (Å²) in [6, 6.07) is 4.46. The first kappa shape index (κ1) is 21.2. The highest BCUT2D eigenvalue weighted by molar-refractivity contribution is 6.42. The molecule has 0 saturated carbocycles. The van der Waals surface area contributed by atoms with Gasteiger partial charge in [-0.2, -0.15) is 0 Å². The van der Waals surface area contributed by atoms with Crippen LogP contribution >= 0.6 is 23.2 Å². The minimum atomic E-state index is -0.578. The molecule has 2 atom stereocenters. The Kier molecular flexibility index (Phi) is 6.09. The Balaban J connectivity index is 1.61. The van der Waals surface area contributed by atoms with Gasteiger partial charge in [-0.3, -0.25) is 15.0 Å². The molecule has 30 heavy (non-hydrogen) atoms. The van der Waals surface area contributed by atoms with Gasteiger partial charge in [0.2, 0.25) is 0 Å². The third-order valence-electron chi connectivity index (χ3n) is 5.87. The Labute approximate surface area is 186 Å². The number of likely N-dealkylation sites (N-methyl/N-ethyl adjacent to an activating group) is 1. The molecule has 0 bridgehead atoms. The van der Waals surface area contributed by atoms with Crippen molar-refractivity contribution >= 4 is 41.1 Å². The molecule has 1 aromatic carbocycles. The third kappa shape index (κ3) is 3.96. The first-order valence-corrected chi connectivity index (χ1v) is 11.0. The van der Waals surface area contributed by atoms with Crippen molar-refractivity contribution < 1.29 is 9.59 Å². The summed E-state index contributed by atoms with van der Waals surface area (Å²) in [5.41, 5.74) is 0.926. The van der Waals surface area contributed by atoms with Crippen LogP contribution in [0.25, 0.3) is 0 Å². The van der Waals surface area contributed by atoms with Crippen molar-refractivity contribution in [1.82, 2.24) is 24.9 Å². The highest BCUT2D eigenvalue weighted by Crippen LogP contribution is 2.29. The van der Waals surface area contributed by atoms with Crippen LogP contribution in [0.5, 0.6) is 0 Å². The lowest BCUT2D eigenvalue weighted by molar-refractivity contribution is -0.127. The number of carbonyl (C=O) groups is 2. The van der Waals surface area contributed by atoms with E-state index in [1.54, 1.807) is 13.1 Å². The van der Waals surface area contributed by atoms with Gasteiger partial charge in [0.05, 0.1) is 10.0 Å². The predicted octanol–water partition coefficient (Wildman–Crippen LogP) is 2.07. The lowest BCUT2D eigenvalue weighted by Gasteiger charge is -2.40. The molecule has 3 aliphatic heterocycles. The molecular weight excluding hydrogens is 427 g/mol. The first-order chi connectivity index (χ1) is 14.4. The molecule has 0 radical (unpaired) electrons. The summed E-state index contributed by atoms with van der Waals surface area (Å²) in [6.07, 6.45) is 0.583. The fraction of sp³-hybridized carbons (Fsp3) is 0.550. The summed E-state index contributed by atoms with van der Waals surface area (Å²) >= 11 is 12.3. The normalized spacial score (nSPS) is 24.8. The van der Waals surface area contributed by atoms with Gasteiger partial charge in [0.15, 0.2) is 18.2 Å². The van der Waals surface area contributed by atoms with Crippen LogP contribution in [-0.4, -0.2) is 89.5 Å². The van der Waals surface area contributed by atoms with E-state index in [1.165, 1.54) is 4.90 Å². The van der Waals surface area contributed by atoms with Crippen molar-refractivity contribution in [1.29, 1.82) is 0 Å². The second-order valence-electron chi connectivity index (χ2n) is 7.90. The zero-order valence-electron chi connectivity index (χ0n) is 17.1. The number of imide groups is 1. The molecule has 3 heterocycles. The number of guanidine groups is 1. The average Bonchev–Trinajstić information content (AvgIpc) is 3.10. The van der Waals surface area contributed by atoms with Crippen molar-refractivity contribution in [3.63, 3.8) is 0 Å². The molecule has 8 nitrogen and oxygen atoms in total. The fourth-order valence-electron chi connectivity index (χ4n) is 4.27. The Hall–Kier alpha value is -2.03. The van der Waals surface area contributed by atoms with Crippen molar-refractivity contribution in [2.45, 2.75) is 32.1 Å². The number of benzene rings is 1. The van der Waals surface area contributed by atoms with Crippen LogP contribution < -0.4 is 5.32 Å². The maximum absolute atomic E-state index is 12.8. The van der Waals surface area contributed by atoms with Crippen molar-refractivity contribution in [3.05, 3.63) is 33.8 Å². The van der Waals surface area contributed by atoms with Crippen LogP contribution in [0, 0.1) is 0 Å². The SMILES string of the molecule is CCCN1CCN(C2=NC3C(C(=O)NC(=O)N3C)N2Cc2ccc(Cl)c(Cl)c2)CC1. The number of fused-ring (bicyclic) bond motifs is 1. The van der Waals surface area contributed by atoms with Gasteiger partial charge in [-0.25, -0.2) is 9.79 Å². The number of nitrogens with one attached hydrogen (secondary N) is 1. The van der Waals surface area contributed by atoms with Crippen molar-refractivity contribution in [2.24, 2.45) is 4.99 Å². The van der Waals surface area contributed by atoms with Gasteiger partial charge in [0, 0.05) is 39.8 Å². The highest BCUT2D eigenvalue weighted by atomic mass is 35.5. The number of nitrogens with zero attached hydrogens (tertiary/aromatic N) is 5. The number of piperazine rings is 1. The van der Waals surface area contributed by atoms with Gasteiger partial charge in [0.1, 0.15) is 0 Å². The van der Waals surface area contributed by atoms with E-state index in [4.69, 9.17) is 28.2 Å². The zero-order valence-corrected chi connectivity index (χ0v) is 18.7. The molecule has 0 aromatic heterocycles. The van der Waals surface area contributed by atoms with E-state index in [0.717, 1.165) is 50.7 Å². The minimum absolute atomic E-state index is 0.327. The largest absolute Gasteiger partial charge is 0.340 e. The molecule has 1 N–H and O–H groups in total. The molecule has 162 valence electrons. The molecular formula is C20H26Cl2N6O2. The quantitative estimate of drug-likeness (QED) is 0.756. The topological polar surface area (TPSA) is 71.5 Å². The Morgan fingerprint density at radius 3 is 2.53 bits per heavy atom. The molecule has 1 aromatic rings. The van der Waals surface area contributed by atoms with E-state index < -0.39 is 18.2 Å².